The fraction of sp³-hybridized carbons (Fsp3) is 0.200. The molecule has 0 aliphatic heterocycles. The van der Waals surface area contributed by atoms with Crippen molar-refractivity contribution in [2.45, 2.75) is 24.8 Å². The first-order valence-corrected chi connectivity index (χ1v) is 7.75. The average Bonchev–Trinajstić information content (AvgIpc) is 2.38. The van der Waals surface area contributed by atoms with E-state index in [1.807, 2.05) is 0 Å². The van der Waals surface area contributed by atoms with Crippen LogP contribution in [-0.4, -0.2) is 13.5 Å². The Kier molecular flexibility index (Phi) is 4.11. The molecule has 2 N–H and O–H groups in total. The number of benzene rings is 2. The summed E-state index contributed by atoms with van der Waals surface area (Å²) in [5.41, 5.74) is 1.79. The highest BCUT2D eigenvalue weighted by Crippen LogP contribution is 2.21. The van der Waals surface area contributed by atoms with Gasteiger partial charge in [0.05, 0.1) is 11.0 Å². The van der Waals surface area contributed by atoms with Crippen molar-refractivity contribution in [3.63, 3.8) is 0 Å². The zero-order chi connectivity index (χ0) is 14.8. The lowest BCUT2D eigenvalue weighted by Gasteiger charge is -2.12. The molecular formula is C15H17NO3S. The molecule has 4 nitrogen and oxygen atoms in total. The van der Waals surface area contributed by atoms with E-state index in [0.717, 1.165) is 0 Å². The predicted octanol–water partition coefficient (Wildman–Crippen LogP) is 2.85. The van der Waals surface area contributed by atoms with Gasteiger partial charge in [-0.05, 0) is 43.2 Å². The smallest absolute Gasteiger partial charge is 0.262 e. The minimum absolute atomic E-state index is 0.252. The first-order chi connectivity index (χ1) is 9.40. The SMILES string of the molecule is Cc1ccccc1S(=O)(=O)Nc1cccc(C(C)O)c1. The van der Waals surface area contributed by atoms with Gasteiger partial charge < -0.3 is 5.11 Å². The number of hydrogen-bond acceptors (Lipinski definition) is 3. The zero-order valence-corrected chi connectivity index (χ0v) is 12.2. The maximum atomic E-state index is 12.3. The van der Waals surface area contributed by atoms with Crippen molar-refractivity contribution in [2.24, 2.45) is 0 Å². The molecule has 2 rings (SSSR count). The third-order valence-corrected chi connectivity index (χ3v) is 4.55. The number of rotatable bonds is 4. The van der Waals surface area contributed by atoms with E-state index in [1.165, 1.54) is 0 Å². The molecule has 0 aliphatic rings. The number of anilines is 1. The van der Waals surface area contributed by atoms with Crippen LogP contribution in [0.2, 0.25) is 0 Å². The van der Waals surface area contributed by atoms with E-state index >= 15 is 0 Å². The van der Waals surface area contributed by atoms with Crippen LogP contribution in [0.3, 0.4) is 0 Å². The quantitative estimate of drug-likeness (QED) is 0.910. The van der Waals surface area contributed by atoms with Crippen LogP contribution in [0.4, 0.5) is 5.69 Å². The van der Waals surface area contributed by atoms with E-state index in [4.69, 9.17) is 0 Å². The first-order valence-electron chi connectivity index (χ1n) is 6.26. The van der Waals surface area contributed by atoms with E-state index in [1.54, 1.807) is 62.4 Å². The van der Waals surface area contributed by atoms with Crippen LogP contribution in [-0.2, 0) is 10.0 Å². The van der Waals surface area contributed by atoms with Crippen LogP contribution < -0.4 is 4.72 Å². The minimum Gasteiger partial charge on any atom is -0.389 e. The van der Waals surface area contributed by atoms with Crippen LogP contribution in [0.1, 0.15) is 24.2 Å². The van der Waals surface area contributed by atoms with Gasteiger partial charge in [-0.3, -0.25) is 4.72 Å². The molecule has 0 aromatic heterocycles. The molecule has 0 spiro atoms. The largest absolute Gasteiger partial charge is 0.389 e. The molecule has 2 aromatic carbocycles. The van der Waals surface area contributed by atoms with E-state index in [2.05, 4.69) is 4.72 Å². The van der Waals surface area contributed by atoms with Crippen LogP contribution in [0.25, 0.3) is 0 Å². The zero-order valence-electron chi connectivity index (χ0n) is 11.4. The van der Waals surface area contributed by atoms with Gasteiger partial charge in [0, 0.05) is 5.69 Å². The molecular weight excluding hydrogens is 274 g/mol. The Balaban J connectivity index is 2.34. The molecule has 0 bridgehead atoms. The lowest BCUT2D eigenvalue weighted by molar-refractivity contribution is 0.199. The summed E-state index contributed by atoms with van der Waals surface area (Å²) in [6, 6.07) is 13.5. The van der Waals surface area contributed by atoms with Crippen molar-refractivity contribution in [1.29, 1.82) is 0 Å². The monoisotopic (exact) mass is 291 g/mol. The van der Waals surface area contributed by atoms with Crippen LogP contribution in [0, 0.1) is 6.92 Å². The molecule has 106 valence electrons. The van der Waals surface area contributed by atoms with E-state index in [-0.39, 0.29) is 4.90 Å². The van der Waals surface area contributed by atoms with Gasteiger partial charge in [0.15, 0.2) is 0 Å². The molecule has 0 saturated heterocycles. The summed E-state index contributed by atoms with van der Waals surface area (Å²) < 4.78 is 27.2. The molecule has 0 amide bonds. The summed E-state index contributed by atoms with van der Waals surface area (Å²) in [6.07, 6.45) is -0.641. The summed E-state index contributed by atoms with van der Waals surface area (Å²) in [4.78, 5) is 0.252. The lowest BCUT2D eigenvalue weighted by Crippen LogP contribution is -2.14. The maximum absolute atomic E-state index is 12.3. The molecule has 0 aliphatic carbocycles. The summed E-state index contributed by atoms with van der Waals surface area (Å²) in [7, 11) is -3.62. The number of aliphatic hydroxyl groups excluding tert-OH is 1. The Hall–Kier alpha value is -1.85. The van der Waals surface area contributed by atoms with Gasteiger partial charge in [0.25, 0.3) is 10.0 Å². The van der Waals surface area contributed by atoms with Gasteiger partial charge in [-0.15, -0.1) is 0 Å². The Labute approximate surface area is 119 Å². The predicted molar refractivity (Wildman–Crippen MR) is 79.1 cm³/mol. The number of aryl methyl sites for hydroxylation is 1. The second-order valence-electron chi connectivity index (χ2n) is 4.67. The highest BCUT2D eigenvalue weighted by molar-refractivity contribution is 7.92. The Morgan fingerprint density at radius 2 is 1.80 bits per heavy atom. The van der Waals surface area contributed by atoms with E-state index in [9.17, 15) is 13.5 Å². The van der Waals surface area contributed by atoms with Gasteiger partial charge in [-0.2, -0.15) is 0 Å². The topological polar surface area (TPSA) is 66.4 Å². The molecule has 2 aromatic rings. The molecule has 5 heteroatoms. The standard InChI is InChI=1S/C15H17NO3S/c1-11-6-3-4-9-15(11)20(18,19)16-14-8-5-7-13(10-14)12(2)17/h3-10,12,16-17H,1-2H3. The Morgan fingerprint density at radius 1 is 1.10 bits per heavy atom. The van der Waals surface area contributed by atoms with Crippen molar-refractivity contribution in [1.82, 2.24) is 0 Å². The molecule has 0 radical (unpaired) electrons. The van der Waals surface area contributed by atoms with Crippen LogP contribution in [0.15, 0.2) is 53.4 Å². The second kappa shape index (κ2) is 5.64. The molecule has 1 unspecified atom stereocenters. The van der Waals surface area contributed by atoms with Gasteiger partial charge >= 0.3 is 0 Å². The molecule has 1 atom stereocenters. The van der Waals surface area contributed by atoms with Gasteiger partial charge in [-0.1, -0.05) is 30.3 Å². The normalized spacial score (nSPS) is 12.9. The highest BCUT2D eigenvalue weighted by Gasteiger charge is 2.16. The van der Waals surface area contributed by atoms with Gasteiger partial charge in [-0.25, -0.2) is 8.42 Å². The van der Waals surface area contributed by atoms with Crippen LogP contribution in [0.5, 0.6) is 0 Å². The fourth-order valence-corrected chi connectivity index (χ4v) is 3.23. The van der Waals surface area contributed by atoms with Gasteiger partial charge in [0.2, 0.25) is 0 Å². The van der Waals surface area contributed by atoms with Gasteiger partial charge in [0.1, 0.15) is 0 Å². The van der Waals surface area contributed by atoms with Crippen molar-refractivity contribution < 1.29 is 13.5 Å². The lowest BCUT2D eigenvalue weighted by atomic mass is 10.1. The van der Waals surface area contributed by atoms with Crippen molar-refractivity contribution in [3.8, 4) is 0 Å². The fourth-order valence-electron chi connectivity index (χ4n) is 1.93. The van der Waals surface area contributed by atoms with Crippen molar-refractivity contribution in [3.05, 3.63) is 59.7 Å². The number of sulfonamides is 1. The first kappa shape index (κ1) is 14.6. The summed E-state index contributed by atoms with van der Waals surface area (Å²) >= 11 is 0. The third-order valence-electron chi connectivity index (χ3n) is 3.00. The average molecular weight is 291 g/mol. The number of hydrogen-bond donors (Lipinski definition) is 2. The molecule has 20 heavy (non-hydrogen) atoms. The van der Waals surface area contributed by atoms with Crippen molar-refractivity contribution in [2.75, 3.05) is 4.72 Å². The summed E-state index contributed by atoms with van der Waals surface area (Å²) in [5.74, 6) is 0. The third kappa shape index (κ3) is 3.18. The summed E-state index contributed by atoms with van der Waals surface area (Å²) in [6.45, 7) is 3.38. The maximum Gasteiger partial charge on any atom is 0.262 e. The van der Waals surface area contributed by atoms with E-state index in [0.29, 0.717) is 16.8 Å². The minimum atomic E-state index is -3.62. The highest BCUT2D eigenvalue weighted by atomic mass is 32.2. The second-order valence-corrected chi connectivity index (χ2v) is 6.32. The Morgan fingerprint density at radius 3 is 2.45 bits per heavy atom. The van der Waals surface area contributed by atoms with Crippen molar-refractivity contribution >= 4 is 15.7 Å². The van der Waals surface area contributed by atoms with E-state index < -0.39 is 16.1 Å². The molecule has 0 saturated carbocycles. The summed E-state index contributed by atoms with van der Waals surface area (Å²) in [5, 5.41) is 9.53. The Bertz CT molecular complexity index is 709. The number of aliphatic hydroxyl groups is 1. The molecule has 0 fully saturated rings. The van der Waals surface area contributed by atoms with Crippen LogP contribution >= 0.6 is 0 Å². The number of nitrogens with one attached hydrogen (secondary N) is 1. The molecule has 0 heterocycles.